The summed E-state index contributed by atoms with van der Waals surface area (Å²) in [6.07, 6.45) is 2.52. The van der Waals surface area contributed by atoms with Gasteiger partial charge >= 0.3 is 0 Å². The first-order chi connectivity index (χ1) is 14.3. The molecule has 1 aromatic carbocycles. The van der Waals surface area contributed by atoms with E-state index in [0.29, 0.717) is 23.3 Å². The predicted molar refractivity (Wildman–Crippen MR) is 124 cm³/mol. The number of halogens is 1. The van der Waals surface area contributed by atoms with Gasteiger partial charge in [0.25, 0.3) is 5.91 Å². The highest BCUT2D eigenvalue weighted by molar-refractivity contribution is 9.10. The highest BCUT2D eigenvalue weighted by Crippen LogP contribution is 2.37. The maximum atomic E-state index is 12.1. The highest BCUT2D eigenvalue weighted by atomic mass is 79.9. The number of amides is 1. The number of hydrogen-bond donors (Lipinski definition) is 1. The summed E-state index contributed by atoms with van der Waals surface area (Å²) in [5, 5.41) is 4.62. The van der Waals surface area contributed by atoms with E-state index in [1.807, 2.05) is 45.9 Å². The molecule has 0 aliphatic rings. The normalized spacial score (nSPS) is 12.1. The molecule has 1 N–H and O–H groups in total. The van der Waals surface area contributed by atoms with Crippen LogP contribution in [0.4, 0.5) is 0 Å². The molecule has 1 amide bonds. The third kappa shape index (κ3) is 7.60. The zero-order chi connectivity index (χ0) is 22.1. The van der Waals surface area contributed by atoms with Gasteiger partial charge in [0.15, 0.2) is 16.7 Å². The van der Waals surface area contributed by atoms with Crippen LogP contribution in [0.1, 0.15) is 44.1 Å². The van der Waals surface area contributed by atoms with Gasteiger partial charge in [0, 0.05) is 11.4 Å². The molecule has 0 fully saturated rings. The standard InChI is InChI=1S/C21H27BrN4O3S/c1-6-15(5)29-20-17(22)9-16(10-18(20)28-7-2)11-23-26-19(27)12-30-21-24-13(3)8-14(4)25-21/h8-11,15H,6-7,12H2,1-5H3,(H,26,27)/b23-11-/t15-/m1/s1. The Hall–Kier alpha value is -2.13. The molecule has 162 valence electrons. The first-order valence-electron chi connectivity index (χ1n) is 9.72. The molecule has 2 rings (SSSR count). The second kappa shape index (κ2) is 11.9. The van der Waals surface area contributed by atoms with Gasteiger partial charge in [-0.05, 0) is 73.8 Å². The van der Waals surface area contributed by atoms with Crippen molar-refractivity contribution in [1.29, 1.82) is 0 Å². The number of benzene rings is 1. The number of aromatic nitrogens is 2. The van der Waals surface area contributed by atoms with E-state index in [1.165, 1.54) is 11.8 Å². The monoisotopic (exact) mass is 494 g/mol. The van der Waals surface area contributed by atoms with Crippen LogP contribution in [0, 0.1) is 13.8 Å². The van der Waals surface area contributed by atoms with E-state index in [1.54, 1.807) is 6.21 Å². The molecule has 0 saturated carbocycles. The van der Waals surface area contributed by atoms with E-state index < -0.39 is 0 Å². The van der Waals surface area contributed by atoms with Gasteiger partial charge in [0.05, 0.1) is 29.2 Å². The maximum absolute atomic E-state index is 12.1. The van der Waals surface area contributed by atoms with Crippen LogP contribution in [0.25, 0.3) is 0 Å². The number of hydrogen-bond acceptors (Lipinski definition) is 7. The summed E-state index contributed by atoms with van der Waals surface area (Å²) in [4.78, 5) is 20.7. The number of carbonyl (C=O) groups excluding carboxylic acids is 1. The minimum absolute atomic E-state index is 0.0676. The van der Waals surface area contributed by atoms with E-state index in [9.17, 15) is 4.79 Å². The Morgan fingerprint density at radius 3 is 2.60 bits per heavy atom. The molecule has 0 unspecified atom stereocenters. The number of thioether (sulfide) groups is 1. The molecule has 0 radical (unpaired) electrons. The Labute approximate surface area is 190 Å². The topological polar surface area (TPSA) is 85.7 Å². The number of aryl methyl sites for hydroxylation is 2. The van der Waals surface area contributed by atoms with Crippen LogP contribution in [0.3, 0.4) is 0 Å². The van der Waals surface area contributed by atoms with Crippen LogP contribution in [-0.2, 0) is 4.79 Å². The van der Waals surface area contributed by atoms with Gasteiger partial charge < -0.3 is 9.47 Å². The summed E-state index contributed by atoms with van der Waals surface area (Å²) in [5.41, 5.74) is 5.04. The molecule has 9 heteroatoms. The lowest BCUT2D eigenvalue weighted by atomic mass is 10.2. The van der Waals surface area contributed by atoms with Gasteiger partial charge in [-0.3, -0.25) is 4.79 Å². The molecule has 1 atom stereocenters. The summed E-state index contributed by atoms with van der Waals surface area (Å²) in [6, 6.07) is 5.59. The molecule has 1 heterocycles. The molecule has 2 aromatic rings. The number of rotatable bonds is 10. The zero-order valence-electron chi connectivity index (χ0n) is 17.9. The van der Waals surface area contributed by atoms with Crippen molar-refractivity contribution < 1.29 is 14.3 Å². The van der Waals surface area contributed by atoms with E-state index in [0.717, 1.165) is 27.8 Å². The lowest BCUT2D eigenvalue weighted by Crippen LogP contribution is -2.19. The fourth-order valence-corrected chi connectivity index (χ4v) is 3.72. The number of hydrazone groups is 1. The van der Waals surface area contributed by atoms with Gasteiger partial charge in [0.1, 0.15) is 0 Å². The molecule has 30 heavy (non-hydrogen) atoms. The Bertz CT molecular complexity index is 888. The van der Waals surface area contributed by atoms with Crippen molar-refractivity contribution in [2.24, 2.45) is 5.10 Å². The van der Waals surface area contributed by atoms with Crippen molar-refractivity contribution in [3.05, 3.63) is 39.6 Å². The molecular weight excluding hydrogens is 468 g/mol. The molecule has 1 aromatic heterocycles. The first-order valence-corrected chi connectivity index (χ1v) is 11.5. The smallest absolute Gasteiger partial charge is 0.250 e. The zero-order valence-corrected chi connectivity index (χ0v) is 20.3. The average Bonchev–Trinajstić information content (AvgIpc) is 2.68. The van der Waals surface area contributed by atoms with E-state index in [4.69, 9.17) is 9.47 Å². The van der Waals surface area contributed by atoms with E-state index in [2.05, 4.69) is 43.3 Å². The van der Waals surface area contributed by atoms with E-state index in [-0.39, 0.29) is 17.8 Å². The fraction of sp³-hybridized carbons (Fsp3) is 0.429. The third-order valence-electron chi connectivity index (χ3n) is 3.92. The van der Waals surface area contributed by atoms with Crippen LogP contribution < -0.4 is 14.9 Å². The van der Waals surface area contributed by atoms with Gasteiger partial charge in [0.2, 0.25) is 0 Å². The number of carbonyl (C=O) groups is 1. The second-order valence-electron chi connectivity index (χ2n) is 6.61. The van der Waals surface area contributed by atoms with Crippen LogP contribution in [0.2, 0.25) is 0 Å². The lowest BCUT2D eigenvalue weighted by molar-refractivity contribution is -0.118. The predicted octanol–water partition coefficient (Wildman–Crippen LogP) is 4.67. The molecule has 0 spiro atoms. The number of ether oxygens (including phenoxy) is 2. The Balaban J connectivity index is 1.99. The van der Waals surface area contributed by atoms with Crippen LogP contribution in [0.15, 0.2) is 32.9 Å². The largest absolute Gasteiger partial charge is 0.490 e. The molecule has 0 saturated heterocycles. The van der Waals surface area contributed by atoms with Crippen molar-refractivity contribution in [1.82, 2.24) is 15.4 Å². The summed E-state index contributed by atoms with van der Waals surface area (Å²) in [6.45, 7) is 10.3. The fourth-order valence-electron chi connectivity index (χ4n) is 2.42. The average molecular weight is 495 g/mol. The summed E-state index contributed by atoms with van der Waals surface area (Å²) < 4.78 is 12.5. The summed E-state index contributed by atoms with van der Waals surface area (Å²) >= 11 is 4.81. The van der Waals surface area contributed by atoms with Crippen LogP contribution >= 0.6 is 27.7 Å². The van der Waals surface area contributed by atoms with Crippen molar-refractivity contribution in [2.45, 2.75) is 52.3 Å². The SMILES string of the molecule is CCOc1cc(/C=N\NC(=O)CSc2nc(C)cc(C)n2)cc(Br)c1O[C@H](C)CC. The third-order valence-corrected chi connectivity index (χ3v) is 5.36. The van der Waals surface area contributed by atoms with Gasteiger partial charge in [-0.1, -0.05) is 18.7 Å². The Kier molecular flexibility index (Phi) is 9.58. The quantitative estimate of drug-likeness (QED) is 0.223. The van der Waals surface area contributed by atoms with Gasteiger partial charge in [-0.25, -0.2) is 15.4 Å². The van der Waals surface area contributed by atoms with E-state index >= 15 is 0 Å². The molecule has 0 bridgehead atoms. The van der Waals surface area contributed by atoms with Crippen molar-refractivity contribution in [3.63, 3.8) is 0 Å². The first kappa shape index (κ1) is 24.1. The maximum Gasteiger partial charge on any atom is 0.250 e. The molecule has 0 aliphatic carbocycles. The Morgan fingerprint density at radius 1 is 1.27 bits per heavy atom. The van der Waals surface area contributed by atoms with Crippen molar-refractivity contribution in [3.8, 4) is 11.5 Å². The molecule has 7 nitrogen and oxygen atoms in total. The van der Waals surface area contributed by atoms with Crippen molar-refractivity contribution >= 4 is 39.8 Å². The second-order valence-corrected chi connectivity index (χ2v) is 8.41. The minimum atomic E-state index is -0.236. The minimum Gasteiger partial charge on any atom is -0.490 e. The van der Waals surface area contributed by atoms with Crippen LogP contribution in [0.5, 0.6) is 11.5 Å². The molecule has 0 aliphatic heterocycles. The lowest BCUT2D eigenvalue weighted by Gasteiger charge is -2.18. The van der Waals surface area contributed by atoms with Crippen LogP contribution in [-0.4, -0.2) is 40.6 Å². The number of nitrogens with zero attached hydrogens (tertiary/aromatic N) is 3. The highest BCUT2D eigenvalue weighted by Gasteiger charge is 2.14. The summed E-state index contributed by atoms with van der Waals surface area (Å²) in [7, 11) is 0. The van der Waals surface area contributed by atoms with Gasteiger partial charge in [-0.15, -0.1) is 0 Å². The molecular formula is C21H27BrN4O3S. The number of nitrogens with one attached hydrogen (secondary N) is 1. The Morgan fingerprint density at radius 2 is 1.97 bits per heavy atom. The summed E-state index contributed by atoms with van der Waals surface area (Å²) in [5.74, 6) is 1.23. The van der Waals surface area contributed by atoms with Crippen molar-refractivity contribution in [2.75, 3.05) is 12.4 Å². The van der Waals surface area contributed by atoms with Gasteiger partial charge in [-0.2, -0.15) is 5.10 Å².